The number of rotatable bonds is 3. The largest absolute Gasteiger partial charge is 0.497 e. The molecule has 1 aromatic heterocycles. The zero-order chi connectivity index (χ0) is 14.1. The van der Waals surface area contributed by atoms with Crippen molar-refractivity contribution >= 4 is 34.0 Å². The maximum atomic E-state index is 5.27. The van der Waals surface area contributed by atoms with E-state index >= 15 is 0 Å². The quantitative estimate of drug-likeness (QED) is 0.940. The highest BCUT2D eigenvalue weighted by Gasteiger charge is 2.21. The molecule has 0 saturated carbocycles. The molecule has 2 atom stereocenters. The van der Waals surface area contributed by atoms with E-state index in [1.165, 1.54) is 9.71 Å². The van der Waals surface area contributed by atoms with Gasteiger partial charge in [0.05, 0.1) is 23.9 Å². The zero-order valence-electron chi connectivity index (χ0n) is 12.6. The van der Waals surface area contributed by atoms with E-state index in [9.17, 15) is 0 Å². The molecule has 0 amide bonds. The highest BCUT2D eigenvalue weighted by molar-refractivity contribution is 7.18. The zero-order valence-corrected chi connectivity index (χ0v) is 14.3. The lowest BCUT2D eigenvalue weighted by atomic mass is 10.1. The average Bonchev–Trinajstić information content (AvgIpc) is 2.78. The Morgan fingerprint density at radius 3 is 2.71 bits per heavy atom. The molecular formula is C15H22ClN3OS. The molecule has 2 heterocycles. The number of piperazine rings is 1. The Morgan fingerprint density at radius 2 is 2.05 bits per heavy atom. The Kier molecular flexibility index (Phi) is 5.43. The Bertz CT molecular complexity index is 594. The van der Waals surface area contributed by atoms with Gasteiger partial charge in [0.1, 0.15) is 10.8 Å². The Hall–Kier alpha value is -0.880. The summed E-state index contributed by atoms with van der Waals surface area (Å²) in [5.74, 6) is 0.900. The standard InChI is InChI=1S/C15H21N3OS.ClH/c1-10-7-18(8-11(2)16-10)9-15-17-13-5-4-12(19-3)6-14(13)20-15;/h4-6,10-11,16H,7-9H2,1-3H3;1H. The van der Waals surface area contributed by atoms with E-state index in [0.29, 0.717) is 12.1 Å². The summed E-state index contributed by atoms with van der Waals surface area (Å²) in [4.78, 5) is 7.22. The minimum atomic E-state index is 0. The molecule has 2 unspecified atom stereocenters. The van der Waals surface area contributed by atoms with Gasteiger partial charge in [0.2, 0.25) is 0 Å². The van der Waals surface area contributed by atoms with Gasteiger partial charge < -0.3 is 10.1 Å². The number of fused-ring (bicyclic) bond motifs is 1. The number of ether oxygens (including phenoxy) is 1. The number of thiazole rings is 1. The first kappa shape index (κ1) is 16.5. The molecule has 1 fully saturated rings. The second kappa shape index (κ2) is 6.92. The van der Waals surface area contributed by atoms with Crippen LogP contribution in [0, 0.1) is 0 Å². The fraction of sp³-hybridized carbons (Fsp3) is 0.533. The van der Waals surface area contributed by atoms with E-state index in [2.05, 4.69) is 30.1 Å². The molecule has 3 rings (SSSR count). The van der Waals surface area contributed by atoms with E-state index in [1.807, 2.05) is 12.1 Å². The number of benzene rings is 1. The summed E-state index contributed by atoms with van der Waals surface area (Å²) in [6.07, 6.45) is 0. The minimum Gasteiger partial charge on any atom is -0.497 e. The molecule has 1 aliphatic rings. The van der Waals surface area contributed by atoms with Crippen LogP contribution in [0.25, 0.3) is 10.2 Å². The van der Waals surface area contributed by atoms with Gasteiger partial charge in [-0.05, 0) is 32.0 Å². The van der Waals surface area contributed by atoms with E-state index < -0.39 is 0 Å². The molecular weight excluding hydrogens is 306 g/mol. The van der Waals surface area contributed by atoms with Gasteiger partial charge in [-0.3, -0.25) is 4.90 Å². The number of nitrogens with one attached hydrogen (secondary N) is 1. The molecule has 1 aromatic carbocycles. The molecule has 0 aliphatic carbocycles. The minimum absolute atomic E-state index is 0. The highest BCUT2D eigenvalue weighted by atomic mass is 35.5. The molecule has 0 radical (unpaired) electrons. The lowest BCUT2D eigenvalue weighted by molar-refractivity contribution is 0.166. The summed E-state index contributed by atoms with van der Waals surface area (Å²) in [5.41, 5.74) is 1.07. The van der Waals surface area contributed by atoms with Crippen molar-refractivity contribution in [1.29, 1.82) is 0 Å². The van der Waals surface area contributed by atoms with Crippen molar-refractivity contribution in [1.82, 2.24) is 15.2 Å². The van der Waals surface area contributed by atoms with E-state index in [-0.39, 0.29) is 12.4 Å². The number of halogens is 1. The van der Waals surface area contributed by atoms with E-state index in [1.54, 1.807) is 18.4 Å². The average molecular weight is 328 g/mol. The van der Waals surface area contributed by atoms with Gasteiger partial charge in [-0.15, -0.1) is 23.7 Å². The third kappa shape index (κ3) is 3.86. The van der Waals surface area contributed by atoms with Crippen LogP contribution in [0.2, 0.25) is 0 Å². The van der Waals surface area contributed by atoms with Crippen LogP contribution in [0.1, 0.15) is 18.9 Å². The monoisotopic (exact) mass is 327 g/mol. The lowest BCUT2D eigenvalue weighted by Crippen LogP contribution is -2.53. The number of hydrogen-bond donors (Lipinski definition) is 1. The Balaban J connectivity index is 0.00000161. The van der Waals surface area contributed by atoms with Gasteiger partial charge in [-0.2, -0.15) is 0 Å². The molecule has 6 heteroatoms. The molecule has 0 bridgehead atoms. The van der Waals surface area contributed by atoms with Crippen LogP contribution in [0.5, 0.6) is 5.75 Å². The van der Waals surface area contributed by atoms with Crippen molar-refractivity contribution in [3.05, 3.63) is 23.2 Å². The molecule has 1 N–H and O–H groups in total. The third-order valence-corrected chi connectivity index (χ3v) is 4.63. The van der Waals surface area contributed by atoms with Crippen molar-refractivity contribution < 1.29 is 4.74 Å². The van der Waals surface area contributed by atoms with Gasteiger partial charge in [0.15, 0.2) is 0 Å². The SMILES string of the molecule is COc1ccc2nc(CN3CC(C)NC(C)C3)sc2c1.Cl. The van der Waals surface area contributed by atoms with Crippen molar-refractivity contribution in [2.75, 3.05) is 20.2 Å². The van der Waals surface area contributed by atoms with Gasteiger partial charge in [-0.1, -0.05) is 0 Å². The normalized spacial score (nSPS) is 23.0. The van der Waals surface area contributed by atoms with Crippen LogP contribution in [0.4, 0.5) is 0 Å². The smallest absolute Gasteiger partial charge is 0.120 e. The predicted molar refractivity (Wildman–Crippen MR) is 90.8 cm³/mol. The first-order valence-corrected chi connectivity index (χ1v) is 7.87. The summed E-state index contributed by atoms with van der Waals surface area (Å²) in [6.45, 7) is 7.60. The van der Waals surface area contributed by atoms with E-state index in [4.69, 9.17) is 9.72 Å². The van der Waals surface area contributed by atoms with E-state index in [0.717, 1.165) is 30.9 Å². The molecule has 4 nitrogen and oxygen atoms in total. The van der Waals surface area contributed by atoms with Crippen molar-refractivity contribution in [2.45, 2.75) is 32.5 Å². The molecule has 2 aromatic rings. The Morgan fingerprint density at radius 1 is 1.33 bits per heavy atom. The van der Waals surface area contributed by atoms with Crippen LogP contribution in [0.3, 0.4) is 0 Å². The summed E-state index contributed by atoms with van der Waals surface area (Å²) in [7, 11) is 1.70. The second-order valence-corrected chi connectivity index (χ2v) is 6.72. The number of aromatic nitrogens is 1. The number of hydrogen-bond acceptors (Lipinski definition) is 5. The first-order valence-electron chi connectivity index (χ1n) is 7.06. The molecule has 1 aliphatic heterocycles. The van der Waals surface area contributed by atoms with Crippen molar-refractivity contribution in [3.63, 3.8) is 0 Å². The summed E-state index contributed by atoms with van der Waals surface area (Å²) < 4.78 is 6.47. The predicted octanol–water partition coefficient (Wildman–Crippen LogP) is 2.91. The van der Waals surface area contributed by atoms with Crippen LogP contribution in [0.15, 0.2) is 18.2 Å². The van der Waals surface area contributed by atoms with Crippen molar-refractivity contribution in [3.8, 4) is 5.75 Å². The first-order chi connectivity index (χ1) is 9.64. The van der Waals surface area contributed by atoms with Crippen LogP contribution in [-0.2, 0) is 6.54 Å². The summed E-state index contributed by atoms with van der Waals surface area (Å²) >= 11 is 1.77. The Labute approximate surface area is 135 Å². The summed E-state index contributed by atoms with van der Waals surface area (Å²) in [5, 5.41) is 4.75. The van der Waals surface area contributed by atoms with Gasteiger partial charge in [0.25, 0.3) is 0 Å². The van der Waals surface area contributed by atoms with Crippen LogP contribution >= 0.6 is 23.7 Å². The van der Waals surface area contributed by atoms with Gasteiger partial charge in [-0.25, -0.2) is 4.98 Å². The summed E-state index contributed by atoms with van der Waals surface area (Å²) in [6, 6.07) is 7.18. The molecule has 0 spiro atoms. The fourth-order valence-electron chi connectivity index (χ4n) is 2.91. The third-order valence-electron chi connectivity index (χ3n) is 3.63. The lowest BCUT2D eigenvalue weighted by Gasteiger charge is -2.35. The van der Waals surface area contributed by atoms with Crippen LogP contribution < -0.4 is 10.1 Å². The molecule has 21 heavy (non-hydrogen) atoms. The van der Waals surface area contributed by atoms with Gasteiger partial charge >= 0.3 is 0 Å². The fourth-order valence-corrected chi connectivity index (χ4v) is 3.95. The van der Waals surface area contributed by atoms with Crippen molar-refractivity contribution in [2.24, 2.45) is 0 Å². The highest BCUT2D eigenvalue weighted by Crippen LogP contribution is 2.27. The number of nitrogens with zero attached hydrogens (tertiary/aromatic N) is 2. The molecule has 116 valence electrons. The molecule has 1 saturated heterocycles. The van der Waals surface area contributed by atoms with Gasteiger partial charge in [0, 0.05) is 25.2 Å². The van der Waals surface area contributed by atoms with Crippen LogP contribution in [-0.4, -0.2) is 42.2 Å². The maximum absolute atomic E-state index is 5.27. The maximum Gasteiger partial charge on any atom is 0.120 e. The second-order valence-electron chi connectivity index (χ2n) is 5.60. The topological polar surface area (TPSA) is 37.4 Å². The number of methoxy groups -OCH3 is 1.